The molecule has 0 saturated carbocycles. The number of halogens is 3. The number of nitrogens with one attached hydrogen (secondary N) is 1. The zero-order valence-electron chi connectivity index (χ0n) is 11.7. The molecule has 0 amide bonds. The zero-order valence-corrected chi connectivity index (χ0v) is 12.5. The molecule has 0 saturated heterocycles. The van der Waals surface area contributed by atoms with E-state index in [2.05, 4.69) is 10.3 Å². The highest BCUT2D eigenvalue weighted by molar-refractivity contribution is 6.31. The Labute approximate surface area is 128 Å². The van der Waals surface area contributed by atoms with E-state index in [0.29, 0.717) is 23.4 Å². The second-order valence-corrected chi connectivity index (χ2v) is 5.31. The van der Waals surface area contributed by atoms with E-state index in [0.717, 1.165) is 18.2 Å². The molecule has 0 bridgehead atoms. The fourth-order valence-corrected chi connectivity index (χ4v) is 2.55. The highest BCUT2D eigenvalue weighted by Crippen LogP contribution is 2.18. The first-order valence-electron chi connectivity index (χ1n) is 6.85. The maximum Gasteiger partial charge on any atom is 0.126 e. The number of hydrogen-bond acceptors (Lipinski definition) is 2. The molecule has 0 spiro atoms. The molecule has 21 heavy (non-hydrogen) atoms. The molecule has 1 aromatic carbocycles. The van der Waals surface area contributed by atoms with Crippen LogP contribution in [0.3, 0.4) is 0 Å². The number of aromatic nitrogens is 1. The number of hydrogen-bond donors (Lipinski definition) is 1. The van der Waals surface area contributed by atoms with Crippen molar-refractivity contribution in [2.45, 2.75) is 25.8 Å². The smallest absolute Gasteiger partial charge is 0.126 e. The van der Waals surface area contributed by atoms with Crippen molar-refractivity contribution in [3.8, 4) is 0 Å². The van der Waals surface area contributed by atoms with Crippen molar-refractivity contribution in [3.05, 3.63) is 64.4 Å². The molecule has 1 N–H and O–H groups in total. The van der Waals surface area contributed by atoms with Crippen molar-refractivity contribution in [2.24, 2.45) is 0 Å². The van der Waals surface area contributed by atoms with Crippen LogP contribution in [0.25, 0.3) is 0 Å². The summed E-state index contributed by atoms with van der Waals surface area (Å²) in [5.41, 5.74) is 1.60. The van der Waals surface area contributed by atoms with Gasteiger partial charge in [-0.15, -0.1) is 0 Å². The molecule has 2 nitrogen and oxygen atoms in total. The molecule has 0 radical (unpaired) electrons. The standard InChI is InChI=1S/C16H17ClF2N2/c1-2-21-15(8-12-3-4-20-10-16(12)17)7-11-5-13(18)9-14(19)6-11/h3-6,9-10,15,21H,2,7-8H2,1H3. The summed E-state index contributed by atoms with van der Waals surface area (Å²) in [6.45, 7) is 2.76. The molecule has 0 fully saturated rings. The van der Waals surface area contributed by atoms with Crippen LogP contribution in [0.4, 0.5) is 8.78 Å². The maximum atomic E-state index is 13.3. The van der Waals surface area contributed by atoms with Crippen molar-refractivity contribution < 1.29 is 8.78 Å². The van der Waals surface area contributed by atoms with Crippen LogP contribution in [0.15, 0.2) is 36.7 Å². The lowest BCUT2D eigenvalue weighted by molar-refractivity contribution is 0.515. The van der Waals surface area contributed by atoms with E-state index in [-0.39, 0.29) is 6.04 Å². The highest BCUT2D eigenvalue weighted by Gasteiger charge is 2.13. The molecule has 2 aromatic rings. The topological polar surface area (TPSA) is 24.9 Å². The Balaban J connectivity index is 2.13. The van der Waals surface area contributed by atoms with E-state index in [1.54, 1.807) is 12.4 Å². The van der Waals surface area contributed by atoms with Gasteiger partial charge >= 0.3 is 0 Å². The van der Waals surface area contributed by atoms with Gasteiger partial charge < -0.3 is 5.32 Å². The number of rotatable bonds is 6. The van der Waals surface area contributed by atoms with Gasteiger partial charge in [-0.25, -0.2) is 8.78 Å². The lowest BCUT2D eigenvalue weighted by atomic mass is 9.99. The second kappa shape index (κ2) is 7.48. The predicted octanol–water partition coefficient (Wildman–Crippen LogP) is 3.78. The molecule has 5 heteroatoms. The molecule has 0 aliphatic rings. The van der Waals surface area contributed by atoms with Crippen LogP contribution in [0, 0.1) is 11.6 Å². The summed E-state index contributed by atoms with van der Waals surface area (Å²) in [5, 5.41) is 3.92. The minimum Gasteiger partial charge on any atom is -0.314 e. The quantitative estimate of drug-likeness (QED) is 0.878. The predicted molar refractivity (Wildman–Crippen MR) is 80.5 cm³/mol. The summed E-state index contributed by atoms with van der Waals surface area (Å²) in [7, 11) is 0. The minimum atomic E-state index is -0.554. The summed E-state index contributed by atoms with van der Waals surface area (Å²) < 4.78 is 26.5. The minimum absolute atomic E-state index is 0.0519. The van der Waals surface area contributed by atoms with E-state index in [4.69, 9.17) is 11.6 Å². The lowest BCUT2D eigenvalue weighted by Crippen LogP contribution is -2.33. The number of nitrogens with zero attached hydrogens (tertiary/aromatic N) is 1. The Kier molecular flexibility index (Phi) is 5.65. The van der Waals surface area contributed by atoms with E-state index >= 15 is 0 Å². The van der Waals surface area contributed by atoms with Crippen LogP contribution in [0.5, 0.6) is 0 Å². The van der Waals surface area contributed by atoms with E-state index in [1.807, 2.05) is 13.0 Å². The largest absolute Gasteiger partial charge is 0.314 e. The fraction of sp³-hybridized carbons (Fsp3) is 0.312. The van der Waals surface area contributed by atoms with E-state index in [9.17, 15) is 8.78 Å². The normalized spacial score (nSPS) is 12.4. The average molecular weight is 311 g/mol. The van der Waals surface area contributed by atoms with Crippen LogP contribution < -0.4 is 5.32 Å². The summed E-state index contributed by atoms with van der Waals surface area (Å²) in [6.07, 6.45) is 4.49. The Morgan fingerprint density at radius 3 is 2.52 bits per heavy atom. The summed E-state index contributed by atoms with van der Waals surface area (Å²) in [5.74, 6) is -1.11. The van der Waals surface area contributed by atoms with Crippen LogP contribution in [0.2, 0.25) is 5.02 Å². The molecule has 0 aliphatic carbocycles. The highest BCUT2D eigenvalue weighted by atomic mass is 35.5. The number of likely N-dealkylation sites (N-methyl/N-ethyl adjacent to an activating group) is 1. The summed E-state index contributed by atoms with van der Waals surface area (Å²) in [6, 6.07) is 5.52. The van der Waals surface area contributed by atoms with Crippen molar-refractivity contribution in [1.82, 2.24) is 10.3 Å². The van der Waals surface area contributed by atoms with Gasteiger partial charge in [-0.2, -0.15) is 0 Å². The van der Waals surface area contributed by atoms with Crippen molar-refractivity contribution in [1.29, 1.82) is 0 Å². The first-order valence-corrected chi connectivity index (χ1v) is 7.23. The van der Waals surface area contributed by atoms with Crippen LogP contribution in [-0.4, -0.2) is 17.6 Å². The van der Waals surface area contributed by atoms with E-state index in [1.165, 1.54) is 12.1 Å². The molecule has 1 aromatic heterocycles. The van der Waals surface area contributed by atoms with Crippen molar-refractivity contribution >= 4 is 11.6 Å². The molecule has 0 aliphatic heterocycles. The Bertz CT molecular complexity index is 584. The van der Waals surface area contributed by atoms with Gasteiger partial charge in [0.05, 0.1) is 5.02 Å². The van der Waals surface area contributed by atoms with Gasteiger partial charge in [-0.05, 0) is 48.7 Å². The van der Waals surface area contributed by atoms with Crippen molar-refractivity contribution in [2.75, 3.05) is 6.54 Å². The van der Waals surface area contributed by atoms with Gasteiger partial charge in [0.25, 0.3) is 0 Å². The molecule has 112 valence electrons. The lowest BCUT2D eigenvalue weighted by Gasteiger charge is -2.19. The second-order valence-electron chi connectivity index (χ2n) is 4.91. The molecule has 1 unspecified atom stereocenters. The first kappa shape index (κ1) is 15.9. The summed E-state index contributed by atoms with van der Waals surface area (Å²) in [4.78, 5) is 3.95. The average Bonchev–Trinajstić information content (AvgIpc) is 2.40. The number of benzene rings is 1. The Hall–Kier alpha value is -1.52. The van der Waals surface area contributed by atoms with Crippen molar-refractivity contribution in [3.63, 3.8) is 0 Å². The van der Waals surface area contributed by atoms with Crippen LogP contribution >= 0.6 is 11.6 Å². The third-order valence-corrected chi connectivity index (χ3v) is 3.56. The van der Waals surface area contributed by atoms with Crippen LogP contribution in [-0.2, 0) is 12.8 Å². The van der Waals surface area contributed by atoms with Gasteiger partial charge in [-0.3, -0.25) is 4.98 Å². The third-order valence-electron chi connectivity index (χ3n) is 3.22. The number of pyridine rings is 1. The van der Waals surface area contributed by atoms with Crippen LogP contribution in [0.1, 0.15) is 18.1 Å². The Morgan fingerprint density at radius 2 is 1.90 bits per heavy atom. The zero-order chi connectivity index (χ0) is 15.2. The fourth-order valence-electron chi connectivity index (χ4n) is 2.35. The van der Waals surface area contributed by atoms with Gasteiger partial charge in [0.2, 0.25) is 0 Å². The van der Waals surface area contributed by atoms with E-state index < -0.39 is 11.6 Å². The molecule has 1 atom stereocenters. The van der Waals surface area contributed by atoms with Gasteiger partial charge in [0.15, 0.2) is 0 Å². The van der Waals surface area contributed by atoms with Gasteiger partial charge in [0, 0.05) is 24.5 Å². The van der Waals surface area contributed by atoms with Gasteiger partial charge in [0.1, 0.15) is 11.6 Å². The third kappa shape index (κ3) is 4.76. The summed E-state index contributed by atoms with van der Waals surface area (Å²) >= 11 is 6.11. The molecular formula is C16H17ClF2N2. The SMILES string of the molecule is CCNC(Cc1cc(F)cc(F)c1)Cc1ccncc1Cl. The molecular weight excluding hydrogens is 294 g/mol. The Morgan fingerprint density at radius 1 is 1.19 bits per heavy atom. The monoisotopic (exact) mass is 310 g/mol. The van der Waals surface area contributed by atoms with Gasteiger partial charge in [-0.1, -0.05) is 18.5 Å². The first-order chi connectivity index (χ1) is 10.1. The maximum absolute atomic E-state index is 13.3. The molecule has 2 rings (SSSR count). The molecule has 1 heterocycles.